The van der Waals surface area contributed by atoms with Crippen LogP contribution in [0, 0.1) is 0 Å². The highest BCUT2D eigenvalue weighted by molar-refractivity contribution is 5.22. The Hall–Kier alpha value is -0.930. The average Bonchev–Trinajstić information content (AvgIpc) is 2.09. The molecule has 0 saturated heterocycles. The summed E-state index contributed by atoms with van der Waals surface area (Å²) in [7, 11) is 3.62. The highest BCUT2D eigenvalue weighted by Crippen LogP contribution is 2.07. The van der Waals surface area contributed by atoms with Crippen LogP contribution >= 0.6 is 0 Å². The van der Waals surface area contributed by atoms with Crippen molar-refractivity contribution in [2.75, 3.05) is 14.2 Å². The van der Waals surface area contributed by atoms with Crippen LogP contribution in [0.5, 0.6) is 0 Å². The number of hydrogen-bond acceptors (Lipinski definition) is 3. The molecule has 0 spiro atoms. The Morgan fingerprint density at radius 1 is 1.50 bits per heavy atom. The number of hydrogen-bond donors (Lipinski definition) is 1. The number of rotatable bonds is 4. The number of aromatic nitrogens is 1. The largest absolute Gasteiger partial charge is 0.380 e. The van der Waals surface area contributed by atoms with Gasteiger partial charge in [-0.2, -0.15) is 0 Å². The molecule has 0 fully saturated rings. The van der Waals surface area contributed by atoms with Gasteiger partial charge in [-0.25, -0.2) is 0 Å². The highest BCUT2D eigenvalue weighted by Gasteiger charge is 1.99. The van der Waals surface area contributed by atoms with E-state index in [9.17, 15) is 0 Å². The molecular formula is C9H14N2O. The molecule has 1 aromatic heterocycles. The van der Waals surface area contributed by atoms with Crippen molar-refractivity contribution in [2.45, 2.75) is 13.2 Å². The van der Waals surface area contributed by atoms with Crippen LogP contribution in [-0.2, 0) is 17.9 Å². The van der Waals surface area contributed by atoms with Gasteiger partial charge in [-0.3, -0.25) is 4.98 Å². The Morgan fingerprint density at radius 3 is 3.00 bits per heavy atom. The lowest BCUT2D eigenvalue weighted by atomic mass is 10.1. The molecule has 0 saturated carbocycles. The van der Waals surface area contributed by atoms with E-state index in [1.807, 2.05) is 19.3 Å². The van der Waals surface area contributed by atoms with Crippen LogP contribution in [0.1, 0.15) is 11.1 Å². The number of ether oxygens (including phenoxy) is 1. The fourth-order valence-electron chi connectivity index (χ4n) is 1.10. The van der Waals surface area contributed by atoms with E-state index in [2.05, 4.69) is 10.3 Å². The first-order valence-corrected chi connectivity index (χ1v) is 3.93. The summed E-state index contributed by atoms with van der Waals surface area (Å²) in [5, 5.41) is 3.10. The van der Waals surface area contributed by atoms with Gasteiger partial charge in [0.2, 0.25) is 0 Å². The van der Waals surface area contributed by atoms with E-state index in [0.717, 1.165) is 12.1 Å². The molecule has 0 unspecified atom stereocenters. The Bertz CT molecular complexity index is 213. The van der Waals surface area contributed by atoms with Crippen molar-refractivity contribution in [2.24, 2.45) is 0 Å². The summed E-state index contributed by atoms with van der Waals surface area (Å²) < 4.78 is 5.05. The van der Waals surface area contributed by atoms with Gasteiger partial charge >= 0.3 is 0 Å². The van der Waals surface area contributed by atoms with Crippen molar-refractivity contribution >= 4 is 0 Å². The maximum absolute atomic E-state index is 5.05. The third-order valence-corrected chi connectivity index (χ3v) is 1.67. The molecule has 0 atom stereocenters. The summed E-state index contributed by atoms with van der Waals surface area (Å²) in [6, 6.07) is 2.00. The Labute approximate surface area is 72.8 Å². The summed E-state index contributed by atoms with van der Waals surface area (Å²) in [6.45, 7) is 1.49. The molecule has 0 aromatic carbocycles. The van der Waals surface area contributed by atoms with E-state index in [1.165, 1.54) is 5.56 Å². The number of methoxy groups -OCH3 is 1. The van der Waals surface area contributed by atoms with Crippen LogP contribution in [0.3, 0.4) is 0 Å². The van der Waals surface area contributed by atoms with E-state index >= 15 is 0 Å². The minimum atomic E-state index is 0.630. The summed E-state index contributed by atoms with van der Waals surface area (Å²) in [5.74, 6) is 0. The molecule has 0 aliphatic heterocycles. The summed E-state index contributed by atoms with van der Waals surface area (Å²) in [6.07, 6.45) is 3.64. The Morgan fingerprint density at radius 2 is 2.33 bits per heavy atom. The van der Waals surface area contributed by atoms with E-state index in [4.69, 9.17) is 4.74 Å². The van der Waals surface area contributed by atoms with Crippen LogP contribution in [0.15, 0.2) is 18.5 Å². The predicted octanol–water partition coefficient (Wildman–Crippen LogP) is 0.947. The Balaban J connectivity index is 2.77. The molecule has 66 valence electrons. The van der Waals surface area contributed by atoms with E-state index in [1.54, 1.807) is 13.3 Å². The van der Waals surface area contributed by atoms with Crippen molar-refractivity contribution in [1.82, 2.24) is 10.3 Å². The molecule has 0 amide bonds. The topological polar surface area (TPSA) is 34.2 Å². The summed E-state index contributed by atoms with van der Waals surface area (Å²) >= 11 is 0. The van der Waals surface area contributed by atoms with Crippen molar-refractivity contribution in [3.63, 3.8) is 0 Å². The molecule has 0 radical (unpaired) electrons. The lowest BCUT2D eigenvalue weighted by Gasteiger charge is -2.06. The van der Waals surface area contributed by atoms with Crippen molar-refractivity contribution in [3.8, 4) is 0 Å². The molecule has 1 rings (SSSR count). The average molecular weight is 166 g/mol. The first-order chi connectivity index (χ1) is 5.88. The van der Waals surface area contributed by atoms with Gasteiger partial charge < -0.3 is 10.1 Å². The molecular weight excluding hydrogens is 152 g/mol. The van der Waals surface area contributed by atoms with Gasteiger partial charge in [-0.1, -0.05) is 0 Å². The van der Waals surface area contributed by atoms with Crippen molar-refractivity contribution < 1.29 is 4.74 Å². The molecule has 3 nitrogen and oxygen atoms in total. The van der Waals surface area contributed by atoms with Crippen molar-refractivity contribution in [1.29, 1.82) is 0 Å². The minimum Gasteiger partial charge on any atom is -0.380 e. The second kappa shape index (κ2) is 4.85. The lowest BCUT2D eigenvalue weighted by Crippen LogP contribution is -2.08. The molecule has 0 aliphatic carbocycles. The van der Waals surface area contributed by atoms with Crippen LogP contribution in [-0.4, -0.2) is 19.1 Å². The quantitative estimate of drug-likeness (QED) is 0.723. The molecule has 12 heavy (non-hydrogen) atoms. The zero-order valence-corrected chi connectivity index (χ0v) is 7.50. The Kier molecular flexibility index (Phi) is 3.70. The maximum Gasteiger partial charge on any atom is 0.0731 e. The smallest absolute Gasteiger partial charge is 0.0731 e. The van der Waals surface area contributed by atoms with E-state index in [-0.39, 0.29) is 0 Å². The maximum atomic E-state index is 5.05. The van der Waals surface area contributed by atoms with Gasteiger partial charge in [0.25, 0.3) is 0 Å². The van der Waals surface area contributed by atoms with Crippen LogP contribution in [0.4, 0.5) is 0 Å². The number of pyridine rings is 1. The zero-order chi connectivity index (χ0) is 8.81. The SMILES string of the molecule is CNCc1ccncc1COC. The van der Waals surface area contributed by atoms with Gasteiger partial charge in [0.1, 0.15) is 0 Å². The summed E-state index contributed by atoms with van der Waals surface area (Å²) in [5.41, 5.74) is 2.39. The lowest BCUT2D eigenvalue weighted by molar-refractivity contribution is 0.183. The second-order valence-electron chi connectivity index (χ2n) is 2.61. The van der Waals surface area contributed by atoms with Crippen LogP contribution in [0.2, 0.25) is 0 Å². The van der Waals surface area contributed by atoms with Gasteiger partial charge in [0, 0.05) is 31.6 Å². The molecule has 0 bridgehead atoms. The van der Waals surface area contributed by atoms with Crippen LogP contribution in [0.25, 0.3) is 0 Å². The minimum absolute atomic E-state index is 0.630. The molecule has 1 N–H and O–H groups in total. The normalized spacial score (nSPS) is 10.2. The zero-order valence-electron chi connectivity index (χ0n) is 7.50. The van der Waals surface area contributed by atoms with E-state index in [0.29, 0.717) is 6.61 Å². The number of nitrogens with zero attached hydrogens (tertiary/aromatic N) is 1. The molecule has 1 aromatic rings. The fraction of sp³-hybridized carbons (Fsp3) is 0.444. The highest BCUT2D eigenvalue weighted by atomic mass is 16.5. The predicted molar refractivity (Wildman–Crippen MR) is 47.7 cm³/mol. The molecule has 3 heteroatoms. The monoisotopic (exact) mass is 166 g/mol. The molecule has 0 aliphatic rings. The second-order valence-corrected chi connectivity index (χ2v) is 2.61. The van der Waals surface area contributed by atoms with E-state index < -0.39 is 0 Å². The standard InChI is InChI=1S/C9H14N2O/c1-10-5-8-3-4-11-6-9(8)7-12-2/h3-4,6,10H,5,7H2,1-2H3. The van der Waals surface area contributed by atoms with Gasteiger partial charge in [0.05, 0.1) is 6.61 Å². The summed E-state index contributed by atoms with van der Waals surface area (Å²) in [4.78, 5) is 4.04. The van der Waals surface area contributed by atoms with Gasteiger partial charge in [-0.15, -0.1) is 0 Å². The first-order valence-electron chi connectivity index (χ1n) is 3.93. The third-order valence-electron chi connectivity index (χ3n) is 1.67. The van der Waals surface area contributed by atoms with Gasteiger partial charge in [0.15, 0.2) is 0 Å². The van der Waals surface area contributed by atoms with Gasteiger partial charge in [-0.05, 0) is 18.7 Å². The van der Waals surface area contributed by atoms with Crippen LogP contribution < -0.4 is 5.32 Å². The fourth-order valence-corrected chi connectivity index (χ4v) is 1.10. The molecule has 1 heterocycles. The third kappa shape index (κ3) is 2.29. The van der Waals surface area contributed by atoms with Crippen molar-refractivity contribution in [3.05, 3.63) is 29.6 Å². The number of nitrogens with one attached hydrogen (secondary N) is 1. The first kappa shape index (κ1) is 9.16.